The molecule has 2 heterocycles. The standard InChI is InChI=1S/C10H17NO2/c1-2-10(12)13-9-5-7-3-4-8(6-9)11-7/h7-9,11H,2-6H2,1H3/t7-,8+,9?. The van der Waals surface area contributed by atoms with E-state index in [-0.39, 0.29) is 12.1 Å². The second-order valence-electron chi connectivity index (χ2n) is 4.07. The number of carbonyl (C=O) groups excluding carboxylic acids is 1. The molecule has 2 aliphatic heterocycles. The number of rotatable bonds is 2. The summed E-state index contributed by atoms with van der Waals surface area (Å²) in [6.45, 7) is 1.85. The number of nitrogens with one attached hydrogen (secondary N) is 1. The maximum Gasteiger partial charge on any atom is 0.305 e. The molecule has 2 bridgehead atoms. The van der Waals surface area contributed by atoms with Gasteiger partial charge in [0.25, 0.3) is 0 Å². The topological polar surface area (TPSA) is 38.3 Å². The lowest BCUT2D eigenvalue weighted by atomic mass is 10.0. The number of ether oxygens (including phenoxy) is 1. The number of carbonyl (C=O) groups is 1. The molecule has 0 saturated carbocycles. The van der Waals surface area contributed by atoms with Crippen LogP contribution in [0.3, 0.4) is 0 Å². The van der Waals surface area contributed by atoms with Crippen molar-refractivity contribution in [2.45, 2.75) is 57.2 Å². The summed E-state index contributed by atoms with van der Waals surface area (Å²) in [6.07, 6.45) is 5.23. The molecule has 13 heavy (non-hydrogen) atoms. The number of hydrogen-bond acceptors (Lipinski definition) is 3. The second kappa shape index (κ2) is 3.66. The van der Waals surface area contributed by atoms with E-state index in [1.54, 1.807) is 0 Å². The number of hydrogen-bond donors (Lipinski definition) is 1. The van der Waals surface area contributed by atoms with Crippen LogP contribution in [0.25, 0.3) is 0 Å². The zero-order valence-electron chi connectivity index (χ0n) is 8.08. The van der Waals surface area contributed by atoms with E-state index in [9.17, 15) is 4.79 Å². The third-order valence-corrected chi connectivity index (χ3v) is 3.02. The fraction of sp³-hybridized carbons (Fsp3) is 0.900. The molecule has 2 saturated heterocycles. The van der Waals surface area contributed by atoms with Crippen molar-refractivity contribution in [3.05, 3.63) is 0 Å². The zero-order valence-corrected chi connectivity index (χ0v) is 8.08. The van der Waals surface area contributed by atoms with Gasteiger partial charge in [-0.05, 0) is 25.7 Å². The first-order valence-corrected chi connectivity index (χ1v) is 5.23. The minimum Gasteiger partial charge on any atom is -0.462 e. The predicted molar refractivity (Wildman–Crippen MR) is 49.4 cm³/mol. The van der Waals surface area contributed by atoms with Crippen LogP contribution >= 0.6 is 0 Å². The maximum absolute atomic E-state index is 11.1. The van der Waals surface area contributed by atoms with E-state index in [0.29, 0.717) is 18.5 Å². The number of piperidine rings is 1. The van der Waals surface area contributed by atoms with E-state index in [1.807, 2.05) is 6.92 Å². The van der Waals surface area contributed by atoms with E-state index < -0.39 is 0 Å². The highest BCUT2D eigenvalue weighted by Gasteiger charge is 2.34. The quantitative estimate of drug-likeness (QED) is 0.654. The molecule has 3 atom stereocenters. The normalized spacial score (nSPS) is 37.5. The summed E-state index contributed by atoms with van der Waals surface area (Å²) in [5.74, 6) is -0.0497. The first-order chi connectivity index (χ1) is 6.28. The van der Waals surface area contributed by atoms with Crippen LogP contribution < -0.4 is 5.32 Å². The molecule has 2 fully saturated rings. The molecular weight excluding hydrogens is 166 g/mol. The van der Waals surface area contributed by atoms with Gasteiger partial charge in [-0.1, -0.05) is 6.92 Å². The number of esters is 1. The van der Waals surface area contributed by atoms with Crippen molar-refractivity contribution in [3.8, 4) is 0 Å². The van der Waals surface area contributed by atoms with Crippen LogP contribution in [-0.2, 0) is 9.53 Å². The van der Waals surface area contributed by atoms with Gasteiger partial charge in [0.2, 0.25) is 0 Å². The van der Waals surface area contributed by atoms with Crippen LogP contribution in [0.2, 0.25) is 0 Å². The Hall–Kier alpha value is -0.570. The van der Waals surface area contributed by atoms with E-state index in [4.69, 9.17) is 4.74 Å². The average Bonchev–Trinajstić information content (AvgIpc) is 2.46. The Bertz CT molecular complexity index is 193. The summed E-state index contributed by atoms with van der Waals surface area (Å²) in [6, 6.07) is 1.21. The summed E-state index contributed by atoms with van der Waals surface area (Å²) < 4.78 is 5.34. The van der Waals surface area contributed by atoms with Gasteiger partial charge in [0.05, 0.1) is 0 Å². The third-order valence-electron chi connectivity index (χ3n) is 3.02. The molecule has 0 aliphatic carbocycles. The smallest absolute Gasteiger partial charge is 0.305 e. The Kier molecular flexibility index (Phi) is 2.54. The van der Waals surface area contributed by atoms with Crippen LogP contribution in [0, 0.1) is 0 Å². The molecule has 74 valence electrons. The molecule has 0 radical (unpaired) electrons. The Morgan fingerprint density at radius 3 is 2.54 bits per heavy atom. The molecular formula is C10H17NO2. The molecule has 0 aromatic heterocycles. The monoisotopic (exact) mass is 183 g/mol. The van der Waals surface area contributed by atoms with E-state index in [0.717, 1.165) is 12.8 Å². The largest absolute Gasteiger partial charge is 0.462 e. The van der Waals surface area contributed by atoms with Gasteiger partial charge in [-0.3, -0.25) is 4.79 Å². The van der Waals surface area contributed by atoms with Gasteiger partial charge in [0.1, 0.15) is 6.10 Å². The number of fused-ring (bicyclic) bond motifs is 2. The van der Waals surface area contributed by atoms with E-state index in [2.05, 4.69) is 5.32 Å². The van der Waals surface area contributed by atoms with Crippen molar-refractivity contribution in [3.63, 3.8) is 0 Å². The molecule has 1 unspecified atom stereocenters. The van der Waals surface area contributed by atoms with Crippen LogP contribution in [-0.4, -0.2) is 24.2 Å². The van der Waals surface area contributed by atoms with Crippen LogP contribution in [0.5, 0.6) is 0 Å². The second-order valence-corrected chi connectivity index (χ2v) is 4.07. The van der Waals surface area contributed by atoms with Crippen molar-refractivity contribution in [2.24, 2.45) is 0 Å². The van der Waals surface area contributed by atoms with Crippen molar-refractivity contribution < 1.29 is 9.53 Å². The van der Waals surface area contributed by atoms with Gasteiger partial charge >= 0.3 is 5.97 Å². The molecule has 3 nitrogen and oxygen atoms in total. The minimum atomic E-state index is -0.0497. The van der Waals surface area contributed by atoms with Crippen LogP contribution in [0.4, 0.5) is 0 Å². The molecule has 2 aliphatic rings. The molecule has 0 spiro atoms. The lowest BCUT2D eigenvalue weighted by Crippen LogP contribution is -2.42. The predicted octanol–water partition coefficient (Wildman–Crippen LogP) is 1.22. The van der Waals surface area contributed by atoms with Gasteiger partial charge in [-0.15, -0.1) is 0 Å². The van der Waals surface area contributed by atoms with Gasteiger partial charge < -0.3 is 10.1 Å². The fourth-order valence-electron chi connectivity index (χ4n) is 2.37. The molecule has 1 N–H and O–H groups in total. The summed E-state index contributed by atoms with van der Waals surface area (Å²) >= 11 is 0. The third kappa shape index (κ3) is 2.02. The summed E-state index contributed by atoms with van der Waals surface area (Å²) in [5, 5.41) is 3.52. The Labute approximate surface area is 78.8 Å². The van der Waals surface area contributed by atoms with Crippen LogP contribution in [0.1, 0.15) is 39.0 Å². The lowest BCUT2D eigenvalue weighted by molar-refractivity contribution is -0.150. The SMILES string of the molecule is CCC(=O)OC1C[C@H]2CC[C@@H](C1)N2. The molecule has 0 aromatic rings. The van der Waals surface area contributed by atoms with Crippen LogP contribution in [0.15, 0.2) is 0 Å². The van der Waals surface area contributed by atoms with E-state index in [1.165, 1.54) is 12.8 Å². The Morgan fingerprint density at radius 1 is 1.38 bits per heavy atom. The first-order valence-electron chi connectivity index (χ1n) is 5.23. The summed E-state index contributed by atoms with van der Waals surface area (Å²) in [4.78, 5) is 11.1. The molecule has 2 rings (SSSR count). The summed E-state index contributed by atoms with van der Waals surface area (Å²) in [7, 11) is 0. The fourth-order valence-corrected chi connectivity index (χ4v) is 2.37. The first kappa shape index (κ1) is 9.00. The zero-order chi connectivity index (χ0) is 9.26. The highest BCUT2D eigenvalue weighted by molar-refractivity contribution is 5.69. The van der Waals surface area contributed by atoms with Crippen molar-refractivity contribution in [1.29, 1.82) is 0 Å². The Morgan fingerprint density at radius 2 is 2.00 bits per heavy atom. The minimum absolute atomic E-state index is 0.0497. The summed E-state index contributed by atoms with van der Waals surface area (Å²) in [5.41, 5.74) is 0. The Balaban J connectivity index is 1.85. The molecule has 3 heteroatoms. The average molecular weight is 183 g/mol. The van der Waals surface area contributed by atoms with Gasteiger partial charge in [0, 0.05) is 18.5 Å². The van der Waals surface area contributed by atoms with Crippen molar-refractivity contribution in [2.75, 3.05) is 0 Å². The van der Waals surface area contributed by atoms with Crippen molar-refractivity contribution >= 4 is 5.97 Å². The van der Waals surface area contributed by atoms with Gasteiger partial charge in [0.15, 0.2) is 0 Å². The highest BCUT2D eigenvalue weighted by Crippen LogP contribution is 2.28. The van der Waals surface area contributed by atoms with Gasteiger partial charge in [-0.2, -0.15) is 0 Å². The molecule has 0 aromatic carbocycles. The maximum atomic E-state index is 11.1. The molecule has 0 amide bonds. The van der Waals surface area contributed by atoms with Crippen molar-refractivity contribution in [1.82, 2.24) is 5.32 Å². The highest BCUT2D eigenvalue weighted by atomic mass is 16.5. The van der Waals surface area contributed by atoms with Gasteiger partial charge in [-0.25, -0.2) is 0 Å². The lowest BCUT2D eigenvalue weighted by Gasteiger charge is -2.28. The van der Waals surface area contributed by atoms with E-state index >= 15 is 0 Å².